The van der Waals surface area contributed by atoms with Crippen molar-refractivity contribution in [2.45, 2.75) is 20.4 Å². The fourth-order valence-electron chi connectivity index (χ4n) is 1.32. The highest BCUT2D eigenvalue weighted by atomic mass is 35.6. The van der Waals surface area contributed by atoms with Crippen molar-refractivity contribution in [1.29, 1.82) is 0 Å². The summed E-state index contributed by atoms with van der Waals surface area (Å²) in [6, 6.07) is 7.30. The van der Waals surface area contributed by atoms with E-state index in [2.05, 4.69) is 0 Å². The maximum Gasteiger partial charge on any atom is 0.201 e. The Balaban J connectivity index is 3.18. The molecule has 0 N–H and O–H groups in total. The lowest BCUT2D eigenvalue weighted by Gasteiger charge is -2.30. The molecule has 1 aromatic rings. The first-order valence-corrected chi connectivity index (χ1v) is 6.59. The molecule has 90 valence electrons. The van der Waals surface area contributed by atoms with Gasteiger partial charge in [-0.15, -0.1) is 0 Å². The second-order valence-electron chi connectivity index (χ2n) is 3.43. The topological polar surface area (TPSA) is 0 Å². The number of aryl methyl sites for hydroxylation is 1. The van der Waals surface area contributed by atoms with Crippen molar-refractivity contribution in [2.24, 2.45) is 0 Å². The first kappa shape index (κ1) is 15.0. The molecule has 0 saturated carbocycles. The van der Waals surface area contributed by atoms with Crippen molar-refractivity contribution < 1.29 is 0 Å². The van der Waals surface area contributed by atoms with Gasteiger partial charge in [0.2, 0.25) is 7.59 Å². The molecular weight excluding hydrogens is 333 g/mol. The maximum atomic E-state index is 5.84. The molecule has 0 atom stereocenters. The van der Waals surface area contributed by atoms with E-state index in [0.717, 1.165) is 5.56 Å². The van der Waals surface area contributed by atoms with Crippen LogP contribution in [-0.4, -0.2) is 7.59 Å². The Morgan fingerprint density at radius 3 is 1.50 bits per heavy atom. The van der Waals surface area contributed by atoms with E-state index in [0.29, 0.717) is 5.56 Å². The summed E-state index contributed by atoms with van der Waals surface area (Å²) >= 11 is 35.0. The number of benzene rings is 1. The SMILES string of the molecule is Cc1ccc(C(C(Cl)(Cl)Cl)C(Cl)(Cl)Cl)cc1. The summed E-state index contributed by atoms with van der Waals surface area (Å²) in [4.78, 5) is 0. The van der Waals surface area contributed by atoms with E-state index in [1.54, 1.807) is 12.1 Å². The van der Waals surface area contributed by atoms with E-state index in [1.165, 1.54) is 0 Å². The molecule has 0 amide bonds. The molecule has 16 heavy (non-hydrogen) atoms. The number of hydrogen-bond donors (Lipinski definition) is 0. The number of hydrogen-bond acceptors (Lipinski definition) is 0. The zero-order valence-electron chi connectivity index (χ0n) is 8.15. The monoisotopic (exact) mass is 338 g/mol. The summed E-state index contributed by atoms with van der Waals surface area (Å²) in [5, 5.41) is 0. The molecule has 0 radical (unpaired) electrons. The van der Waals surface area contributed by atoms with Gasteiger partial charge < -0.3 is 0 Å². The van der Waals surface area contributed by atoms with Crippen LogP contribution in [0.25, 0.3) is 0 Å². The van der Waals surface area contributed by atoms with Crippen molar-refractivity contribution in [2.75, 3.05) is 0 Å². The van der Waals surface area contributed by atoms with E-state index >= 15 is 0 Å². The van der Waals surface area contributed by atoms with Gasteiger partial charge in [-0.05, 0) is 12.5 Å². The Kier molecular flexibility index (Phi) is 4.98. The second-order valence-corrected chi connectivity index (χ2v) is 8.16. The third-order valence-electron chi connectivity index (χ3n) is 2.07. The summed E-state index contributed by atoms with van der Waals surface area (Å²) in [5.74, 6) is -0.824. The first-order valence-electron chi connectivity index (χ1n) is 4.32. The van der Waals surface area contributed by atoms with Gasteiger partial charge in [-0.2, -0.15) is 0 Å². The fraction of sp³-hybridized carbons (Fsp3) is 0.400. The van der Waals surface area contributed by atoms with Gasteiger partial charge in [0.25, 0.3) is 0 Å². The van der Waals surface area contributed by atoms with Crippen LogP contribution in [0, 0.1) is 6.92 Å². The molecular formula is C10H8Cl6. The van der Waals surface area contributed by atoms with Crippen LogP contribution >= 0.6 is 69.6 Å². The van der Waals surface area contributed by atoms with E-state index in [-0.39, 0.29) is 0 Å². The highest BCUT2D eigenvalue weighted by Gasteiger charge is 2.47. The third kappa shape index (κ3) is 4.01. The number of alkyl halides is 6. The largest absolute Gasteiger partial charge is 0.201 e. The Bertz CT molecular complexity index is 331. The molecule has 0 heterocycles. The molecule has 0 aromatic heterocycles. The van der Waals surface area contributed by atoms with Crippen LogP contribution in [0.1, 0.15) is 17.0 Å². The van der Waals surface area contributed by atoms with E-state index in [9.17, 15) is 0 Å². The van der Waals surface area contributed by atoms with Gasteiger partial charge >= 0.3 is 0 Å². The summed E-state index contributed by atoms with van der Waals surface area (Å²) in [6.45, 7) is 1.95. The number of rotatable bonds is 1. The van der Waals surface area contributed by atoms with Gasteiger partial charge in [0.05, 0.1) is 5.92 Å². The van der Waals surface area contributed by atoms with E-state index < -0.39 is 13.5 Å². The Morgan fingerprint density at radius 1 is 0.812 bits per heavy atom. The number of halogens is 6. The molecule has 0 bridgehead atoms. The molecule has 1 rings (SSSR count). The van der Waals surface area contributed by atoms with Crippen LogP contribution in [0.5, 0.6) is 0 Å². The van der Waals surface area contributed by atoms with Gasteiger partial charge in [0.15, 0.2) is 0 Å². The lowest BCUT2D eigenvalue weighted by molar-refractivity contribution is 0.724. The van der Waals surface area contributed by atoms with Gasteiger partial charge in [-0.25, -0.2) is 0 Å². The molecule has 0 spiro atoms. The molecule has 6 heteroatoms. The lowest BCUT2D eigenvalue weighted by atomic mass is 10.0. The zero-order valence-corrected chi connectivity index (χ0v) is 12.7. The van der Waals surface area contributed by atoms with Gasteiger partial charge in [-0.3, -0.25) is 0 Å². The third-order valence-corrected chi connectivity index (χ3v) is 3.37. The smallest absolute Gasteiger partial charge is 0.0828 e. The average molecular weight is 341 g/mol. The first-order chi connectivity index (χ1) is 7.12. The molecule has 0 aliphatic carbocycles. The van der Waals surface area contributed by atoms with E-state index in [1.807, 2.05) is 19.1 Å². The van der Waals surface area contributed by atoms with E-state index in [4.69, 9.17) is 69.6 Å². The van der Waals surface area contributed by atoms with Crippen molar-refractivity contribution in [3.8, 4) is 0 Å². The molecule has 0 aliphatic rings. The Labute approximate surface area is 125 Å². The maximum absolute atomic E-state index is 5.84. The van der Waals surface area contributed by atoms with Gasteiger partial charge in [0.1, 0.15) is 0 Å². The van der Waals surface area contributed by atoms with Gasteiger partial charge in [0, 0.05) is 0 Å². The Hall–Kier alpha value is 0.960. The fourth-order valence-corrected chi connectivity index (χ4v) is 3.56. The summed E-state index contributed by atoms with van der Waals surface area (Å²) < 4.78 is -3.36. The van der Waals surface area contributed by atoms with Crippen LogP contribution in [0.3, 0.4) is 0 Å². The molecule has 0 fully saturated rings. The predicted octanol–water partition coefficient (Wildman–Crippen LogP) is 5.82. The van der Waals surface area contributed by atoms with Crippen LogP contribution in [-0.2, 0) is 0 Å². The standard InChI is InChI=1S/C10H8Cl6/c1-6-2-4-7(5-3-6)8(9(11,12)13)10(14,15)16/h2-5,8H,1H3. The second kappa shape index (κ2) is 5.30. The average Bonchev–Trinajstić information content (AvgIpc) is 2.03. The van der Waals surface area contributed by atoms with Crippen LogP contribution < -0.4 is 0 Å². The quantitative estimate of drug-likeness (QED) is 0.565. The lowest BCUT2D eigenvalue weighted by Crippen LogP contribution is -2.29. The Morgan fingerprint density at radius 2 is 1.19 bits per heavy atom. The molecule has 1 aromatic carbocycles. The van der Waals surface area contributed by atoms with Crippen molar-refractivity contribution >= 4 is 69.6 Å². The molecule has 0 nitrogen and oxygen atoms in total. The van der Waals surface area contributed by atoms with Crippen molar-refractivity contribution in [3.05, 3.63) is 35.4 Å². The summed E-state index contributed by atoms with van der Waals surface area (Å²) in [6.07, 6.45) is 0. The molecule has 0 saturated heterocycles. The normalized spacial score (nSPS) is 13.2. The van der Waals surface area contributed by atoms with Crippen molar-refractivity contribution in [3.63, 3.8) is 0 Å². The van der Waals surface area contributed by atoms with Crippen LogP contribution in [0.4, 0.5) is 0 Å². The van der Waals surface area contributed by atoms with Crippen LogP contribution in [0.15, 0.2) is 24.3 Å². The minimum absolute atomic E-state index is 0.672. The van der Waals surface area contributed by atoms with Gasteiger partial charge in [-0.1, -0.05) is 99.4 Å². The highest BCUT2D eigenvalue weighted by Crippen LogP contribution is 2.53. The minimum Gasteiger partial charge on any atom is -0.0828 e. The van der Waals surface area contributed by atoms with Crippen molar-refractivity contribution in [1.82, 2.24) is 0 Å². The molecule has 0 unspecified atom stereocenters. The minimum atomic E-state index is -1.68. The summed E-state index contributed by atoms with van der Waals surface area (Å²) in [7, 11) is 0. The molecule has 0 aliphatic heterocycles. The zero-order chi connectivity index (χ0) is 12.6. The highest BCUT2D eigenvalue weighted by molar-refractivity contribution is 6.73. The predicted molar refractivity (Wildman–Crippen MR) is 74.5 cm³/mol. The summed E-state index contributed by atoms with van der Waals surface area (Å²) in [5.41, 5.74) is 1.75. The van der Waals surface area contributed by atoms with Crippen LogP contribution in [0.2, 0.25) is 0 Å².